The molecule has 0 aliphatic carbocycles. The normalized spacial score (nSPS) is 11.4. The van der Waals surface area contributed by atoms with Crippen LogP contribution in [0.2, 0.25) is 0 Å². The van der Waals surface area contributed by atoms with Crippen molar-refractivity contribution in [3.63, 3.8) is 0 Å². The third-order valence-corrected chi connectivity index (χ3v) is 3.01. The van der Waals surface area contributed by atoms with E-state index in [9.17, 15) is 9.59 Å². The Kier molecular flexibility index (Phi) is 6.11. The molecule has 0 atom stereocenters. The SMILES string of the molecule is COC(=O)/C=C/c1ccccc1OC(=O)C(C)(C)CCO. The fourth-order valence-corrected chi connectivity index (χ4v) is 1.56. The van der Waals surface area contributed by atoms with Gasteiger partial charge in [-0.3, -0.25) is 4.79 Å². The Morgan fingerprint density at radius 3 is 2.57 bits per heavy atom. The summed E-state index contributed by atoms with van der Waals surface area (Å²) in [4.78, 5) is 23.2. The number of hydrogen-bond donors (Lipinski definition) is 1. The Bertz CT molecular complexity index is 531. The first-order valence-corrected chi connectivity index (χ1v) is 6.59. The summed E-state index contributed by atoms with van der Waals surface area (Å²) in [5.74, 6) is -0.569. The maximum absolute atomic E-state index is 12.1. The molecule has 5 heteroatoms. The van der Waals surface area contributed by atoms with Crippen molar-refractivity contribution >= 4 is 18.0 Å². The number of methoxy groups -OCH3 is 1. The van der Waals surface area contributed by atoms with E-state index in [0.717, 1.165) is 0 Å². The van der Waals surface area contributed by atoms with Crippen LogP contribution in [0.15, 0.2) is 30.3 Å². The number of carbonyl (C=O) groups is 2. The van der Waals surface area contributed by atoms with E-state index in [2.05, 4.69) is 4.74 Å². The lowest BCUT2D eigenvalue weighted by atomic mass is 9.90. The molecule has 0 amide bonds. The summed E-state index contributed by atoms with van der Waals surface area (Å²) in [5.41, 5.74) is -0.190. The molecule has 1 rings (SSSR count). The average Bonchev–Trinajstić information content (AvgIpc) is 2.45. The zero-order valence-corrected chi connectivity index (χ0v) is 12.5. The molecule has 0 aromatic heterocycles. The molecule has 5 nitrogen and oxygen atoms in total. The molecule has 0 spiro atoms. The molecule has 0 heterocycles. The van der Waals surface area contributed by atoms with Gasteiger partial charge < -0.3 is 14.6 Å². The number of ether oxygens (including phenoxy) is 2. The lowest BCUT2D eigenvalue weighted by molar-refractivity contribution is -0.144. The van der Waals surface area contributed by atoms with Crippen molar-refractivity contribution in [3.05, 3.63) is 35.9 Å². The number of esters is 2. The Hall–Kier alpha value is -2.14. The highest BCUT2D eigenvalue weighted by Gasteiger charge is 2.29. The maximum atomic E-state index is 12.1. The Balaban J connectivity index is 2.92. The second-order valence-electron chi connectivity index (χ2n) is 5.14. The van der Waals surface area contributed by atoms with E-state index >= 15 is 0 Å². The number of para-hydroxylation sites is 1. The van der Waals surface area contributed by atoms with Gasteiger partial charge in [-0.1, -0.05) is 18.2 Å². The zero-order chi connectivity index (χ0) is 15.9. The maximum Gasteiger partial charge on any atom is 0.330 e. The van der Waals surface area contributed by atoms with Crippen molar-refractivity contribution in [2.45, 2.75) is 20.3 Å². The van der Waals surface area contributed by atoms with Gasteiger partial charge in [0.05, 0.1) is 12.5 Å². The Morgan fingerprint density at radius 1 is 1.29 bits per heavy atom. The summed E-state index contributed by atoms with van der Waals surface area (Å²) >= 11 is 0. The highest BCUT2D eigenvalue weighted by atomic mass is 16.5. The molecule has 0 saturated heterocycles. The summed E-state index contributed by atoms with van der Waals surface area (Å²) < 4.78 is 9.89. The standard InChI is InChI=1S/C16H20O5/c1-16(2,10-11-17)15(19)21-13-7-5-4-6-12(13)8-9-14(18)20-3/h4-9,17H,10-11H2,1-3H3/b9-8+. The van der Waals surface area contributed by atoms with Crippen LogP contribution in [-0.2, 0) is 14.3 Å². The highest BCUT2D eigenvalue weighted by Crippen LogP contribution is 2.26. The molecule has 0 aliphatic heterocycles. The summed E-state index contributed by atoms with van der Waals surface area (Å²) in [6.45, 7) is 3.32. The molecule has 1 aromatic carbocycles. The number of carbonyl (C=O) groups excluding carboxylic acids is 2. The minimum Gasteiger partial charge on any atom is -0.466 e. The van der Waals surface area contributed by atoms with Gasteiger partial charge in [0.15, 0.2) is 0 Å². The fourth-order valence-electron chi connectivity index (χ4n) is 1.56. The van der Waals surface area contributed by atoms with E-state index in [4.69, 9.17) is 9.84 Å². The van der Waals surface area contributed by atoms with Crippen LogP contribution >= 0.6 is 0 Å². The van der Waals surface area contributed by atoms with Gasteiger partial charge in [0.25, 0.3) is 0 Å². The molecule has 21 heavy (non-hydrogen) atoms. The zero-order valence-electron chi connectivity index (χ0n) is 12.5. The second-order valence-corrected chi connectivity index (χ2v) is 5.14. The molecule has 0 saturated carbocycles. The van der Waals surface area contributed by atoms with Crippen LogP contribution in [0.3, 0.4) is 0 Å². The van der Waals surface area contributed by atoms with Crippen molar-refractivity contribution in [2.75, 3.05) is 13.7 Å². The van der Waals surface area contributed by atoms with E-state index in [-0.39, 0.29) is 6.61 Å². The van der Waals surface area contributed by atoms with Crippen molar-refractivity contribution < 1.29 is 24.2 Å². The van der Waals surface area contributed by atoms with Crippen LogP contribution in [0.4, 0.5) is 0 Å². The Morgan fingerprint density at radius 2 is 1.95 bits per heavy atom. The van der Waals surface area contributed by atoms with Crippen LogP contribution in [0.5, 0.6) is 5.75 Å². The van der Waals surface area contributed by atoms with Crippen LogP contribution in [-0.4, -0.2) is 30.8 Å². The van der Waals surface area contributed by atoms with Gasteiger partial charge in [0.2, 0.25) is 0 Å². The van der Waals surface area contributed by atoms with Crippen molar-refractivity contribution in [2.24, 2.45) is 5.41 Å². The minimum absolute atomic E-state index is 0.0913. The van der Waals surface area contributed by atoms with Gasteiger partial charge in [0.1, 0.15) is 5.75 Å². The Labute approximate surface area is 124 Å². The van der Waals surface area contributed by atoms with Gasteiger partial charge >= 0.3 is 11.9 Å². The number of aliphatic hydroxyl groups is 1. The van der Waals surface area contributed by atoms with E-state index in [1.165, 1.54) is 19.3 Å². The van der Waals surface area contributed by atoms with Crippen molar-refractivity contribution in [3.8, 4) is 5.75 Å². The first kappa shape index (κ1) is 16.9. The molecule has 1 N–H and O–H groups in total. The summed E-state index contributed by atoms with van der Waals surface area (Å²) in [6.07, 6.45) is 3.09. The van der Waals surface area contributed by atoms with Crippen LogP contribution in [0.1, 0.15) is 25.8 Å². The highest BCUT2D eigenvalue weighted by molar-refractivity contribution is 5.88. The van der Waals surface area contributed by atoms with E-state index in [1.54, 1.807) is 38.1 Å². The lowest BCUT2D eigenvalue weighted by Gasteiger charge is -2.21. The molecule has 0 radical (unpaired) electrons. The summed E-state index contributed by atoms with van der Waals surface area (Å²) in [6, 6.07) is 6.87. The molecular formula is C16H20O5. The third kappa shape index (κ3) is 5.04. The van der Waals surface area contributed by atoms with E-state index < -0.39 is 17.4 Å². The molecule has 114 valence electrons. The number of hydrogen-bond acceptors (Lipinski definition) is 5. The monoisotopic (exact) mass is 292 g/mol. The molecule has 1 aromatic rings. The number of aliphatic hydroxyl groups excluding tert-OH is 1. The first-order chi connectivity index (χ1) is 9.90. The van der Waals surface area contributed by atoms with E-state index in [1.807, 2.05) is 0 Å². The van der Waals surface area contributed by atoms with E-state index in [0.29, 0.717) is 17.7 Å². The number of rotatable bonds is 6. The molecule has 0 aliphatic rings. The van der Waals surface area contributed by atoms with Crippen molar-refractivity contribution in [1.82, 2.24) is 0 Å². The largest absolute Gasteiger partial charge is 0.466 e. The van der Waals surface area contributed by atoms with Gasteiger partial charge in [-0.05, 0) is 32.4 Å². The smallest absolute Gasteiger partial charge is 0.330 e. The fraction of sp³-hybridized carbons (Fsp3) is 0.375. The number of benzene rings is 1. The third-order valence-electron chi connectivity index (χ3n) is 3.01. The van der Waals surface area contributed by atoms with Crippen LogP contribution < -0.4 is 4.74 Å². The lowest BCUT2D eigenvalue weighted by Crippen LogP contribution is -2.30. The molecule has 0 fully saturated rings. The molecule has 0 bridgehead atoms. The average molecular weight is 292 g/mol. The first-order valence-electron chi connectivity index (χ1n) is 6.59. The van der Waals surface area contributed by atoms with Crippen LogP contribution in [0, 0.1) is 5.41 Å². The molecular weight excluding hydrogens is 272 g/mol. The van der Waals surface area contributed by atoms with Gasteiger partial charge in [-0.15, -0.1) is 0 Å². The summed E-state index contributed by atoms with van der Waals surface area (Å²) in [7, 11) is 1.29. The minimum atomic E-state index is -0.784. The van der Waals surface area contributed by atoms with Gasteiger partial charge in [-0.2, -0.15) is 0 Å². The summed E-state index contributed by atoms with van der Waals surface area (Å²) in [5, 5.41) is 8.97. The quantitative estimate of drug-likeness (QED) is 0.494. The van der Waals surface area contributed by atoms with Gasteiger partial charge in [0, 0.05) is 18.2 Å². The second kappa shape index (κ2) is 7.59. The van der Waals surface area contributed by atoms with Crippen LogP contribution in [0.25, 0.3) is 6.08 Å². The predicted molar refractivity (Wildman–Crippen MR) is 78.6 cm³/mol. The van der Waals surface area contributed by atoms with Gasteiger partial charge in [-0.25, -0.2) is 4.79 Å². The molecule has 0 unspecified atom stereocenters. The topological polar surface area (TPSA) is 72.8 Å². The van der Waals surface area contributed by atoms with Crippen molar-refractivity contribution in [1.29, 1.82) is 0 Å². The predicted octanol–water partition coefficient (Wildman–Crippen LogP) is 2.19.